The Morgan fingerprint density at radius 1 is 1.26 bits per heavy atom. The van der Waals surface area contributed by atoms with Crippen molar-refractivity contribution in [3.8, 4) is 0 Å². The SMILES string of the molecule is CN(C)CC(=O)Nc1ccc(C2(C(=O)O)CC2)cc1. The van der Waals surface area contributed by atoms with Crippen LogP contribution in [0.2, 0.25) is 0 Å². The van der Waals surface area contributed by atoms with Gasteiger partial charge in [0.05, 0.1) is 12.0 Å². The van der Waals surface area contributed by atoms with E-state index < -0.39 is 11.4 Å². The molecule has 1 aromatic rings. The van der Waals surface area contributed by atoms with Gasteiger partial charge in [-0.05, 0) is 44.6 Å². The molecule has 5 heteroatoms. The van der Waals surface area contributed by atoms with Gasteiger partial charge >= 0.3 is 5.97 Å². The van der Waals surface area contributed by atoms with Crippen LogP contribution in [0.1, 0.15) is 18.4 Å². The van der Waals surface area contributed by atoms with E-state index in [1.807, 2.05) is 14.1 Å². The van der Waals surface area contributed by atoms with E-state index in [0.29, 0.717) is 25.1 Å². The Labute approximate surface area is 112 Å². The first kappa shape index (κ1) is 13.5. The highest BCUT2D eigenvalue weighted by atomic mass is 16.4. The van der Waals surface area contributed by atoms with Gasteiger partial charge in [-0.3, -0.25) is 9.59 Å². The van der Waals surface area contributed by atoms with Crippen LogP contribution in [-0.2, 0) is 15.0 Å². The second kappa shape index (κ2) is 5.01. The van der Waals surface area contributed by atoms with Gasteiger partial charge in [-0.25, -0.2) is 0 Å². The van der Waals surface area contributed by atoms with Crippen LogP contribution in [-0.4, -0.2) is 42.5 Å². The van der Waals surface area contributed by atoms with Crippen LogP contribution in [0, 0.1) is 0 Å². The van der Waals surface area contributed by atoms with Crippen molar-refractivity contribution in [2.75, 3.05) is 26.0 Å². The number of hydrogen-bond acceptors (Lipinski definition) is 3. The van der Waals surface area contributed by atoms with Crippen molar-refractivity contribution in [1.82, 2.24) is 4.90 Å². The molecule has 0 spiro atoms. The van der Waals surface area contributed by atoms with Crippen LogP contribution in [0.15, 0.2) is 24.3 Å². The summed E-state index contributed by atoms with van der Waals surface area (Å²) in [6, 6.07) is 7.08. The van der Waals surface area contributed by atoms with E-state index in [1.54, 1.807) is 29.2 Å². The minimum Gasteiger partial charge on any atom is -0.481 e. The molecule has 0 unspecified atom stereocenters. The first-order valence-corrected chi connectivity index (χ1v) is 6.22. The number of nitrogens with one attached hydrogen (secondary N) is 1. The number of carboxylic acids is 1. The average molecular weight is 262 g/mol. The minimum atomic E-state index is -0.767. The molecule has 0 bridgehead atoms. The Morgan fingerprint density at radius 2 is 1.84 bits per heavy atom. The van der Waals surface area contributed by atoms with E-state index in [9.17, 15) is 14.7 Å². The lowest BCUT2D eigenvalue weighted by Crippen LogP contribution is -2.27. The largest absolute Gasteiger partial charge is 0.481 e. The van der Waals surface area contributed by atoms with Crippen LogP contribution in [0.5, 0.6) is 0 Å². The Kier molecular flexibility index (Phi) is 3.57. The number of benzene rings is 1. The highest BCUT2D eigenvalue weighted by molar-refractivity contribution is 5.92. The normalized spacial score (nSPS) is 16.2. The van der Waals surface area contributed by atoms with Crippen molar-refractivity contribution in [3.05, 3.63) is 29.8 Å². The summed E-state index contributed by atoms with van der Waals surface area (Å²) in [6.45, 7) is 0.320. The zero-order valence-electron chi connectivity index (χ0n) is 11.1. The molecule has 19 heavy (non-hydrogen) atoms. The molecule has 0 saturated heterocycles. The minimum absolute atomic E-state index is 0.0860. The standard InChI is InChI=1S/C14H18N2O3/c1-16(2)9-12(17)15-11-5-3-10(4-6-11)14(7-8-14)13(18)19/h3-6H,7-9H2,1-2H3,(H,15,17)(H,18,19). The summed E-state index contributed by atoms with van der Waals surface area (Å²) in [5, 5.41) is 12.0. The Bertz CT molecular complexity index is 490. The van der Waals surface area contributed by atoms with Crippen molar-refractivity contribution in [2.45, 2.75) is 18.3 Å². The summed E-state index contributed by atoms with van der Waals surface area (Å²) < 4.78 is 0. The number of rotatable bonds is 5. The van der Waals surface area contributed by atoms with Crippen LogP contribution >= 0.6 is 0 Å². The molecule has 0 aromatic heterocycles. The fourth-order valence-electron chi connectivity index (χ4n) is 2.11. The number of carboxylic acid groups (broad SMARTS) is 1. The number of hydrogen-bond donors (Lipinski definition) is 2. The number of nitrogens with zero attached hydrogens (tertiary/aromatic N) is 1. The van der Waals surface area contributed by atoms with Crippen molar-refractivity contribution in [2.24, 2.45) is 0 Å². The maximum atomic E-state index is 11.6. The van der Waals surface area contributed by atoms with Gasteiger partial charge in [-0.15, -0.1) is 0 Å². The van der Waals surface area contributed by atoms with Gasteiger partial charge in [-0.1, -0.05) is 12.1 Å². The van der Waals surface area contributed by atoms with E-state index in [-0.39, 0.29) is 5.91 Å². The number of amides is 1. The van der Waals surface area contributed by atoms with Gasteiger partial charge in [0.25, 0.3) is 0 Å². The quantitative estimate of drug-likeness (QED) is 0.839. The third kappa shape index (κ3) is 2.93. The average Bonchev–Trinajstić information content (AvgIpc) is 3.09. The topological polar surface area (TPSA) is 69.6 Å². The van der Waals surface area contributed by atoms with E-state index in [4.69, 9.17) is 0 Å². The Balaban J connectivity index is 2.03. The van der Waals surface area contributed by atoms with Crippen LogP contribution in [0.25, 0.3) is 0 Å². The molecule has 1 saturated carbocycles. The van der Waals surface area contributed by atoms with Gasteiger partial charge in [-0.2, -0.15) is 0 Å². The fourth-order valence-corrected chi connectivity index (χ4v) is 2.11. The first-order chi connectivity index (χ1) is 8.94. The van der Waals surface area contributed by atoms with Crippen molar-refractivity contribution in [1.29, 1.82) is 0 Å². The van der Waals surface area contributed by atoms with Gasteiger partial charge in [0.2, 0.25) is 5.91 Å². The third-order valence-corrected chi connectivity index (χ3v) is 3.34. The van der Waals surface area contributed by atoms with Crippen LogP contribution < -0.4 is 5.32 Å². The molecule has 0 aliphatic heterocycles. The summed E-state index contributed by atoms with van der Waals surface area (Å²) in [4.78, 5) is 24.6. The van der Waals surface area contributed by atoms with E-state index >= 15 is 0 Å². The number of likely N-dealkylation sites (N-methyl/N-ethyl adjacent to an activating group) is 1. The van der Waals surface area contributed by atoms with Crippen molar-refractivity contribution < 1.29 is 14.7 Å². The molecule has 2 rings (SSSR count). The maximum absolute atomic E-state index is 11.6. The molecule has 102 valence electrons. The summed E-state index contributed by atoms with van der Waals surface area (Å²) in [5.74, 6) is -0.853. The van der Waals surface area contributed by atoms with Gasteiger partial charge in [0, 0.05) is 5.69 Å². The van der Waals surface area contributed by atoms with Crippen molar-refractivity contribution in [3.63, 3.8) is 0 Å². The lowest BCUT2D eigenvalue weighted by atomic mass is 9.96. The maximum Gasteiger partial charge on any atom is 0.314 e. The molecule has 0 atom stereocenters. The molecule has 1 amide bonds. The second-order valence-corrected chi connectivity index (χ2v) is 5.25. The highest BCUT2D eigenvalue weighted by Crippen LogP contribution is 2.48. The van der Waals surface area contributed by atoms with Gasteiger partial charge in [0.15, 0.2) is 0 Å². The fraction of sp³-hybridized carbons (Fsp3) is 0.429. The molecule has 5 nitrogen and oxygen atoms in total. The third-order valence-electron chi connectivity index (χ3n) is 3.34. The van der Waals surface area contributed by atoms with Crippen LogP contribution in [0.3, 0.4) is 0 Å². The smallest absolute Gasteiger partial charge is 0.314 e. The zero-order chi connectivity index (χ0) is 14.0. The zero-order valence-corrected chi connectivity index (χ0v) is 11.1. The summed E-state index contributed by atoms with van der Waals surface area (Å²) >= 11 is 0. The lowest BCUT2D eigenvalue weighted by molar-refractivity contribution is -0.140. The van der Waals surface area contributed by atoms with Gasteiger partial charge < -0.3 is 15.3 Å². The number of carbonyl (C=O) groups excluding carboxylic acids is 1. The van der Waals surface area contributed by atoms with Crippen molar-refractivity contribution >= 4 is 17.6 Å². The highest BCUT2D eigenvalue weighted by Gasteiger charge is 2.51. The van der Waals surface area contributed by atoms with E-state index in [0.717, 1.165) is 5.56 Å². The first-order valence-electron chi connectivity index (χ1n) is 6.22. The molecular formula is C14H18N2O3. The summed E-state index contributed by atoms with van der Waals surface area (Å²) in [6.07, 6.45) is 1.38. The number of aliphatic carboxylic acids is 1. The second-order valence-electron chi connectivity index (χ2n) is 5.25. The molecule has 1 aliphatic rings. The molecule has 0 radical (unpaired) electrons. The Morgan fingerprint density at radius 3 is 2.26 bits per heavy atom. The summed E-state index contributed by atoms with van der Waals surface area (Å²) in [5.41, 5.74) is 0.814. The molecule has 1 aliphatic carbocycles. The molecule has 2 N–H and O–H groups in total. The molecular weight excluding hydrogens is 244 g/mol. The summed E-state index contributed by atoms with van der Waals surface area (Å²) in [7, 11) is 3.65. The molecule has 1 aromatic carbocycles. The monoisotopic (exact) mass is 262 g/mol. The predicted octanol–water partition coefficient (Wildman–Crippen LogP) is 1.30. The van der Waals surface area contributed by atoms with Gasteiger partial charge in [0.1, 0.15) is 0 Å². The predicted molar refractivity (Wildman–Crippen MR) is 72.2 cm³/mol. The Hall–Kier alpha value is -1.88. The van der Waals surface area contributed by atoms with E-state index in [1.165, 1.54) is 0 Å². The number of anilines is 1. The molecule has 0 heterocycles. The lowest BCUT2D eigenvalue weighted by Gasteiger charge is -2.12. The molecule has 1 fully saturated rings. The number of carbonyl (C=O) groups is 2. The van der Waals surface area contributed by atoms with Crippen LogP contribution in [0.4, 0.5) is 5.69 Å². The van der Waals surface area contributed by atoms with E-state index in [2.05, 4.69) is 5.32 Å².